The maximum absolute atomic E-state index is 10.8. The van der Waals surface area contributed by atoms with Gasteiger partial charge in [0.1, 0.15) is 5.56 Å². The van der Waals surface area contributed by atoms with Crippen molar-refractivity contribution >= 4 is 5.97 Å². The fourth-order valence-electron chi connectivity index (χ4n) is 1.11. The predicted molar refractivity (Wildman–Crippen MR) is 46.2 cm³/mol. The van der Waals surface area contributed by atoms with Crippen LogP contribution in [-0.2, 0) is 0 Å². The van der Waals surface area contributed by atoms with Gasteiger partial charge in [-0.3, -0.25) is 0 Å². The molecule has 0 atom stereocenters. The van der Waals surface area contributed by atoms with Crippen molar-refractivity contribution in [2.75, 3.05) is 7.11 Å². The summed E-state index contributed by atoms with van der Waals surface area (Å²) in [4.78, 5) is 10.8. The van der Waals surface area contributed by atoms with Crippen LogP contribution in [0.25, 0.3) is 0 Å². The molecule has 0 aliphatic rings. The van der Waals surface area contributed by atoms with Crippen molar-refractivity contribution in [3.63, 3.8) is 0 Å². The summed E-state index contributed by atoms with van der Waals surface area (Å²) >= 11 is 0. The first-order valence-electron chi connectivity index (χ1n) is 3.93. The van der Waals surface area contributed by atoms with E-state index in [-0.39, 0.29) is 17.4 Å². The van der Waals surface area contributed by atoms with E-state index in [1.54, 1.807) is 0 Å². The predicted octanol–water partition coefficient (Wildman–Crippen LogP) is 1.24. The van der Waals surface area contributed by atoms with Crippen molar-refractivity contribution in [3.8, 4) is 5.88 Å². The summed E-state index contributed by atoms with van der Waals surface area (Å²) in [6.45, 7) is 3.75. The zero-order valence-electron chi connectivity index (χ0n) is 7.79. The number of carbonyl (C=O) groups is 1. The highest BCUT2D eigenvalue weighted by Crippen LogP contribution is 2.24. The lowest BCUT2D eigenvalue weighted by molar-refractivity contribution is 0.0691. The van der Waals surface area contributed by atoms with Gasteiger partial charge >= 0.3 is 5.97 Å². The summed E-state index contributed by atoms with van der Waals surface area (Å²) in [5.74, 6) is -0.753. The first-order valence-corrected chi connectivity index (χ1v) is 3.93. The van der Waals surface area contributed by atoms with E-state index in [0.29, 0.717) is 5.69 Å². The SMILES string of the molecule is COc1[nH]nc(C(C)C)c1C(=O)O. The van der Waals surface area contributed by atoms with Gasteiger partial charge in [-0.25, -0.2) is 9.89 Å². The monoisotopic (exact) mass is 184 g/mol. The first kappa shape index (κ1) is 9.57. The van der Waals surface area contributed by atoms with Gasteiger partial charge in [-0.2, -0.15) is 5.10 Å². The molecular formula is C8H12N2O3. The Morgan fingerprint density at radius 3 is 2.62 bits per heavy atom. The second kappa shape index (κ2) is 3.47. The average molecular weight is 184 g/mol. The number of nitrogens with zero attached hydrogens (tertiary/aromatic N) is 1. The molecule has 0 radical (unpaired) electrons. The second-order valence-electron chi connectivity index (χ2n) is 2.98. The molecule has 5 heteroatoms. The van der Waals surface area contributed by atoms with Crippen LogP contribution < -0.4 is 4.74 Å². The maximum Gasteiger partial charge on any atom is 0.343 e. The number of rotatable bonds is 3. The molecule has 1 aromatic heterocycles. The number of H-pyrrole nitrogens is 1. The average Bonchev–Trinajstić information content (AvgIpc) is 2.46. The van der Waals surface area contributed by atoms with Crippen molar-refractivity contribution in [2.45, 2.75) is 19.8 Å². The van der Waals surface area contributed by atoms with Gasteiger partial charge in [0.25, 0.3) is 0 Å². The van der Waals surface area contributed by atoms with Gasteiger partial charge in [0.15, 0.2) is 0 Å². The van der Waals surface area contributed by atoms with Crippen LogP contribution in [0, 0.1) is 0 Å². The topological polar surface area (TPSA) is 75.2 Å². The molecule has 0 amide bonds. The van der Waals surface area contributed by atoms with Crippen LogP contribution in [0.1, 0.15) is 35.8 Å². The highest BCUT2D eigenvalue weighted by atomic mass is 16.5. The number of hydrogen-bond acceptors (Lipinski definition) is 3. The highest BCUT2D eigenvalue weighted by Gasteiger charge is 2.22. The standard InChI is InChI=1S/C8H12N2O3/c1-4(2)6-5(8(11)12)7(13-3)10-9-6/h4H,1-3H3,(H,9,10)(H,11,12). The minimum absolute atomic E-state index is 0.0613. The Morgan fingerprint density at radius 1 is 1.62 bits per heavy atom. The lowest BCUT2D eigenvalue weighted by atomic mass is 10.1. The summed E-state index contributed by atoms with van der Waals surface area (Å²) < 4.78 is 4.84. The van der Waals surface area contributed by atoms with E-state index < -0.39 is 5.97 Å². The Hall–Kier alpha value is -1.52. The van der Waals surface area contributed by atoms with E-state index in [1.165, 1.54) is 7.11 Å². The lowest BCUT2D eigenvalue weighted by Gasteiger charge is -2.01. The molecule has 0 saturated carbocycles. The quantitative estimate of drug-likeness (QED) is 0.741. The summed E-state index contributed by atoms with van der Waals surface area (Å²) in [7, 11) is 1.41. The number of aromatic amines is 1. The van der Waals surface area contributed by atoms with E-state index in [1.807, 2.05) is 13.8 Å². The molecule has 0 spiro atoms. The molecule has 72 valence electrons. The van der Waals surface area contributed by atoms with Gasteiger partial charge < -0.3 is 9.84 Å². The van der Waals surface area contributed by atoms with Crippen molar-refractivity contribution < 1.29 is 14.6 Å². The third-order valence-electron chi connectivity index (χ3n) is 1.73. The zero-order chi connectivity index (χ0) is 10.0. The van der Waals surface area contributed by atoms with Gasteiger partial charge in [0, 0.05) is 0 Å². The van der Waals surface area contributed by atoms with Crippen LogP contribution in [0.5, 0.6) is 5.88 Å². The largest absolute Gasteiger partial charge is 0.481 e. The summed E-state index contributed by atoms with van der Waals surface area (Å²) in [6.07, 6.45) is 0. The molecule has 0 unspecified atom stereocenters. The van der Waals surface area contributed by atoms with Gasteiger partial charge in [-0.1, -0.05) is 13.8 Å². The Labute approximate surface area is 75.7 Å². The number of carboxylic acid groups (broad SMARTS) is 1. The van der Waals surface area contributed by atoms with Crippen LogP contribution in [0.3, 0.4) is 0 Å². The molecule has 13 heavy (non-hydrogen) atoms. The van der Waals surface area contributed by atoms with Crippen LogP contribution in [0.15, 0.2) is 0 Å². The number of carboxylic acids is 1. The van der Waals surface area contributed by atoms with E-state index in [9.17, 15) is 4.79 Å². The molecule has 1 rings (SSSR count). The molecule has 0 aliphatic carbocycles. The number of ether oxygens (including phenoxy) is 1. The number of aromatic carboxylic acids is 1. The molecule has 0 saturated heterocycles. The molecule has 0 aliphatic heterocycles. The van der Waals surface area contributed by atoms with Crippen LogP contribution >= 0.6 is 0 Å². The fraction of sp³-hybridized carbons (Fsp3) is 0.500. The molecule has 5 nitrogen and oxygen atoms in total. The Kier molecular flexibility index (Phi) is 2.55. The molecular weight excluding hydrogens is 172 g/mol. The number of methoxy groups -OCH3 is 1. The first-order chi connectivity index (χ1) is 6.07. The molecule has 1 heterocycles. The number of aromatic nitrogens is 2. The van der Waals surface area contributed by atoms with Crippen molar-refractivity contribution in [1.82, 2.24) is 10.2 Å². The van der Waals surface area contributed by atoms with Crippen LogP contribution in [0.4, 0.5) is 0 Å². The molecule has 0 aromatic carbocycles. The number of nitrogens with one attached hydrogen (secondary N) is 1. The highest BCUT2D eigenvalue weighted by molar-refractivity contribution is 5.91. The van der Waals surface area contributed by atoms with Crippen LogP contribution in [-0.4, -0.2) is 28.4 Å². The zero-order valence-corrected chi connectivity index (χ0v) is 7.79. The molecule has 0 fully saturated rings. The Balaban J connectivity index is 3.22. The lowest BCUT2D eigenvalue weighted by Crippen LogP contribution is -2.03. The fourth-order valence-corrected chi connectivity index (χ4v) is 1.11. The Morgan fingerprint density at radius 2 is 2.23 bits per heavy atom. The van der Waals surface area contributed by atoms with Crippen molar-refractivity contribution in [2.24, 2.45) is 0 Å². The van der Waals surface area contributed by atoms with E-state index >= 15 is 0 Å². The third kappa shape index (κ3) is 1.63. The molecule has 1 aromatic rings. The van der Waals surface area contributed by atoms with Crippen LogP contribution in [0.2, 0.25) is 0 Å². The smallest absolute Gasteiger partial charge is 0.343 e. The summed E-state index contributed by atoms with van der Waals surface area (Å²) in [6, 6.07) is 0. The van der Waals surface area contributed by atoms with Crippen molar-refractivity contribution in [1.29, 1.82) is 0 Å². The normalized spacial score (nSPS) is 10.5. The second-order valence-corrected chi connectivity index (χ2v) is 2.98. The molecule has 2 N–H and O–H groups in total. The van der Waals surface area contributed by atoms with E-state index in [2.05, 4.69) is 10.2 Å². The van der Waals surface area contributed by atoms with Gasteiger partial charge in [-0.05, 0) is 5.92 Å². The van der Waals surface area contributed by atoms with E-state index in [0.717, 1.165) is 0 Å². The van der Waals surface area contributed by atoms with Crippen molar-refractivity contribution in [3.05, 3.63) is 11.3 Å². The third-order valence-corrected chi connectivity index (χ3v) is 1.73. The summed E-state index contributed by atoms with van der Waals surface area (Å²) in [5.41, 5.74) is 0.641. The minimum atomic E-state index is -1.02. The maximum atomic E-state index is 10.8. The van der Waals surface area contributed by atoms with E-state index in [4.69, 9.17) is 9.84 Å². The van der Waals surface area contributed by atoms with Gasteiger partial charge in [0.2, 0.25) is 5.88 Å². The number of hydrogen-bond donors (Lipinski definition) is 2. The van der Waals surface area contributed by atoms with Gasteiger partial charge in [0.05, 0.1) is 12.8 Å². The summed E-state index contributed by atoms with van der Waals surface area (Å²) in [5, 5.41) is 15.3. The van der Waals surface area contributed by atoms with Gasteiger partial charge in [-0.15, -0.1) is 0 Å². The molecule has 0 bridgehead atoms. The Bertz CT molecular complexity index is 317. The minimum Gasteiger partial charge on any atom is -0.481 e.